The minimum Gasteiger partial charge on any atom is -0.497 e. The number of hydrogen-bond donors (Lipinski definition) is 2. The molecular weight excluding hydrogens is 270 g/mol. The van der Waals surface area contributed by atoms with Gasteiger partial charge in [-0.2, -0.15) is 0 Å². The van der Waals surface area contributed by atoms with Crippen LogP contribution in [0.4, 0.5) is 4.79 Å². The summed E-state index contributed by atoms with van der Waals surface area (Å²) in [5, 5.41) is 4.64. The molecule has 0 unspecified atom stereocenters. The van der Waals surface area contributed by atoms with Crippen LogP contribution in [0, 0.1) is 0 Å². The molecule has 1 aromatic carbocycles. The van der Waals surface area contributed by atoms with Crippen LogP contribution in [0.3, 0.4) is 0 Å². The molecule has 1 aliphatic rings. The van der Waals surface area contributed by atoms with Crippen molar-refractivity contribution in [3.8, 4) is 5.75 Å². The first-order valence-corrected chi connectivity index (χ1v) is 7.00. The van der Waals surface area contributed by atoms with E-state index in [4.69, 9.17) is 4.74 Å². The molecule has 1 aliphatic heterocycles. The van der Waals surface area contributed by atoms with Crippen LogP contribution in [0.15, 0.2) is 24.3 Å². The third-order valence-corrected chi connectivity index (χ3v) is 3.71. The average Bonchev–Trinajstić information content (AvgIpc) is 2.95. The molecule has 6 nitrogen and oxygen atoms in total. The third-order valence-electron chi connectivity index (χ3n) is 3.71. The van der Waals surface area contributed by atoms with Gasteiger partial charge in [-0.25, -0.2) is 4.79 Å². The van der Waals surface area contributed by atoms with E-state index < -0.39 is 6.03 Å². The number of methoxy groups -OCH3 is 1. The predicted molar refractivity (Wildman–Crippen MR) is 79.4 cm³/mol. The Bertz CT molecular complexity index is 501. The fourth-order valence-electron chi connectivity index (χ4n) is 2.56. The van der Waals surface area contributed by atoms with Crippen LogP contribution in [0.1, 0.15) is 17.9 Å². The van der Waals surface area contributed by atoms with E-state index in [1.54, 1.807) is 7.11 Å². The van der Waals surface area contributed by atoms with Gasteiger partial charge < -0.3 is 10.1 Å². The van der Waals surface area contributed by atoms with Gasteiger partial charge in [-0.1, -0.05) is 12.1 Å². The van der Waals surface area contributed by atoms with Crippen molar-refractivity contribution >= 4 is 11.9 Å². The highest BCUT2D eigenvalue weighted by molar-refractivity contribution is 5.95. The molecule has 2 N–H and O–H groups in total. The van der Waals surface area contributed by atoms with Gasteiger partial charge in [0.25, 0.3) is 0 Å². The molecule has 0 bridgehead atoms. The summed E-state index contributed by atoms with van der Waals surface area (Å²) >= 11 is 0. The van der Waals surface area contributed by atoms with E-state index in [0.717, 1.165) is 25.3 Å². The van der Waals surface area contributed by atoms with Gasteiger partial charge in [-0.05, 0) is 36.6 Å². The molecule has 21 heavy (non-hydrogen) atoms. The summed E-state index contributed by atoms with van der Waals surface area (Å²) in [4.78, 5) is 24.8. The zero-order chi connectivity index (χ0) is 15.2. The lowest BCUT2D eigenvalue weighted by molar-refractivity contribution is -0.120. The molecule has 1 fully saturated rings. The van der Waals surface area contributed by atoms with E-state index in [-0.39, 0.29) is 12.5 Å². The maximum atomic E-state index is 11.7. The fraction of sp³-hybridized carbons (Fsp3) is 0.467. The number of nitrogens with zero attached hydrogens (tertiary/aromatic N) is 1. The van der Waals surface area contributed by atoms with Crippen LogP contribution >= 0.6 is 0 Å². The second-order valence-electron chi connectivity index (χ2n) is 5.12. The molecule has 0 spiro atoms. The Morgan fingerprint density at radius 1 is 1.33 bits per heavy atom. The number of amides is 3. The normalized spacial score (nSPS) is 18.3. The van der Waals surface area contributed by atoms with Gasteiger partial charge in [0.1, 0.15) is 5.75 Å². The molecule has 1 aromatic rings. The number of imide groups is 1. The molecular formula is C15H21N3O3. The molecule has 3 amide bonds. The number of ether oxygens (including phenoxy) is 1. The van der Waals surface area contributed by atoms with Gasteiger partial charge in [0.05, 0.1) is 13.7 Å². The first kappa shape index (κ1) is 15.3. The van der Waals surface area contributed by atoms with Crippen LogP contribution in [-0.4, -0.2) is 50.6 Å². The zero-order valence-electron chi connectivity index (χ0n) is 12.4. The Morgan fingerprint density at radius 2 is 2.05 bits per heavy atom. The molecule has 0 radical (unpaired) electrons. The van der Waals surface area contributed by atoms with Crippen molar-refractivity contribution in [2.45, 2.75) is 12.3 Å². The lowest BCUT2D eigenvalue weighted by Crippen LogP contribution is -2.42. The number of hydrogen-bond acceptors (Lipinski definition) is 4. The number of carbonyl (C=O) groups is 2. The van der Waals surface area contributed by atoms with E-state index >= 15 is 0 Å². The first-order valence-electron chi connectivity index (χ1n) is 7.00. The number of carbonyl (C=O) groups excluding carboxylic acids is 2. The number of rotatable bonds is 4. The number of likely N-dealkylation sites (tertiary alicyclic amines) is 1. The second kappa shape index (κ2) is 7.08. The quantitative estimate of drug-likeness (QED) is 0.866. The Hall–Kier alpha value is -2.08. The maximum Gasteiger partial charge on any atom is 0.321 e. The van der Waals surface area contributed by atoms with Gasteiger partial charge in [0.15, 0.2) is 0 Å². The Labute approximate surface area is 124 Å². The summed E-state index contributed by atoms with van der Waals surface area (Å²) in [6, 6.07) is 7.58. The number of benzene rings is 1. The molecule has 114 valence electrons. The molecule has 1 heterocycles. The Kier molecular flexibility index (Phi) is 5.16. The van der Waals surface area contributed by atoms with Crippen molar-refractivity contribution in [3.63, 3.8) is 0 Å². The van der Waals surface area contributed by atoms with E-state index in [2.05, 4.69) is 27.7 Å². The number of urea groups is 1. The second-order valence-corrected chi connectivity index (χ2v) is 5.12. The summed E-state index contributed by atoms with van der Waals surface area (Å²) in [5.41, 5.74) is 1.25. The van der Waals surface area contributed by atoms with Crippen molar-refractivity contribution in [2.75, 3.05) is 33.8 Å². The van der Waals surface area contributed by atoms with Gasteiger partial charge in [-0.3, -0.25) is 15.0 Å². The highest BCUT2D eigenvalue weighted by atomic mass is 16.5. The Balaban J connectivity index is 1.85. The molecule has 1 saturated heterocycles. The monoisotopic (exact) mass is 291 g/mol. The van der Waals surface area contributed by atoms with E-state index in [1.807, 2.05) is 12.1 Å². The van der Waals surface area contributed by atoms with Crippen LogP contribution in [0.2, 0.25) is 0 Å². The lowest BCUT2D eigenvalue weighted by Gasteiger charge is -2.15. The maximum absolute atomic E-state index is 11.7. The fourth-order valence-corrected chi connectivity index (χ4v) is 2.56. The Morgan fingerprint density at radius 3 is 2.67 bits per heavy atom. The zero-order valence-corrected chi connectivity index (χ0v) is 12.4. The predicted octanol–water partition coefficient (Wildman–Crippen LogP) is 0.940. The average molecular weight is 291 g/mol. The largest absolute Gasteiger partial charge is 0.497 e. The van der Waals surface area contributed by atoms with E-state index in [0.29, 0.717) is 5.92 Å². The van der Waals surface area contributed by atoms with Crippen LogP contribution in [0.25, 0.3) is 0 Å². The van der Waals surface area contributed by atoms with Gasteiger partial charge >= 0.3 is 6.03 Å². The summed E-state index contributed by atoms with van der Waals surface area (Å²) < 4.78 is 5.15. The number of nitrogens with one attached hydrogen (secondary N) is 2. The van der Waals surface area contributed by atoms with Gasteiger partial charge in [0.2, 0.25) is 5.91 Å². The van der Waals surface area contributed by atoms with Crippen molar-refractivity contribution < 1.29 is 14.3 Å². The summed E-state index contributed by atoms with van der Waals surface area (Å²) in [6.45, 7) is 1.94. The lowest BCUT2D eigenvalue weighted by atomic mass is 9.98. The molecule has 0 saturated carbocycles. The topological polar surface area (TPSA) is 70.7 Å². The third kappa shape index (κ3) is 4.19. The highest BCUT2D eigenvalue weighted by Crippen LogP contribution is 2.28. The minimum atomic E-state index is -0.467. The van der Waals surface area contributed by atoms with E-state index in [9.17, 15) is 9.59 Å². The minimum absolute atomic E-state index is 0.250. The molecule has 0 aliphatic carbocycles. The molecule has 2 rings (SSSR count). The SMILES string of the molecule is CNC(=O)NC(=O)CN1CC[C@@H](c2ccc(OC)cc2)C1. The van der Waals surface area contributed by atoms with Crippen molar-refractivity contribution in [2.24, 2.45) is 0 Å². The van der Waals surface area contributed by atoms with Gasteiger partial charge in [-0.15, -0.1) is 0 Å². The smallest absolute Gasteiger partial charge is 0.321 e. The van der Waals surface area contributed by atoms with Gasteiger partial charge in [0, 0.05) is 13.6 Å². The van der Waals surface area contributed by atoms with E-state index in [1.165, 1.54) is 12.6 Å². The van der Waals surface area contributed by atoms with Crippen molar-refractivity contribution in [1.29, 1.82) is 0 Å². The summed E-state index contributed by atoms with van der Waals surface area (Å²) in [6.07, 6.45) is 1.01. The first-order chi connectivity index (χ1) is 10.1. The standard InChI is InChI=1S/C15H21N3O3/c1-16-15(20)17-14(19)10-18-8-7-12(9-18)11-3-5-13(21-2)6-4-11/h3-6,12H,7-10H2,1-2H3,(H2,16,17,19,20)/t12-/m1/s1. The van der Waals surface area contributed by atoms with Crippen LogP contribution < -0.4 is 15.4 Å². The molecule has 0 aromatic heterocycles. The van der Waals surface area contributed by atoms with Crippen molar-refractivity contribution in [3.05, 3.63) is 29.8 Å². The molecule has 1 atom stereocenters. The molecule has 6 heteroatoms. The highest BCUT2D eigenvalue weighted by Gasteiger charge is 2.25. The van der Waals surface area contributed by atoms with Crippen LogP contribution in [-0.2, 0) is 4.79 Å². The van der Waals surface area contributed by atoms with Crippen LogP contribution in [0.5, 0.6) is 5.75 Å². The summed E-state index contributed by atoms with van der Waals surface area (Å²) in [5.74, 6) is 0.993. The van der Waals surface area contributed by atoms with Crippen molar-refractivity contribution in [1.82, 2.24) is 15.5 Å². The summed E-state index contributed by atoms with van der Waals surface area (Å²) in [7, 11) is 3.13.